The topological polar surface area (TPSA) is 95.1 Å². The molecule has 0 spiro atoms. The van der Waals surface area contributed by atoms with Crippen molar-refractivity contribution in [1.82, 2.24) is 20.0 Å². The third-order valence-electron chi connectivity index (χ3n) is 6.43. The lowest BCUT2D eigenvalue weighted by molar-refractivity contribution is -0.141. The standard InChI is InChI=1S/C26H28N6O3/c1-18-8-9-19(2)22(16-18)30-12-14-31(15-13-30)24(34)17-32-23(33)11-10-21(28-32)26-27-25(29-35-26)20-6-4-3-5-7-20/h3-9,16H,10-15,17H2,1-2H3. The molecule has 0 bridgehead atoms. The average molecular weight is 473 g/mol. The number of hydrogen-bond acceptors (Lipinski definition) is 7. The third kappa shape index (κ3) is 4.94. The molecule has 0 saturated carbocycles. The first kappa shape index (κ1) is 22.8. The Kier molecular flexibility index (Phi) is 6.31. The zero-order chi connectivity index (χ0) is 24.4. The summed E-state index contributed by atoms with van der Waals surface area (Å²) in [5.41, 5.74) is 5.02. The first-order chi connectivity index (χ1) is 17.0. The molecular formula is C26H28N6O3. The number of hydrazone groups is 1. The van der Waals surface area contributed by atoms with Crippen LogP contribution in [-0.2, 0) is 9.59 Å². The van der Waals surface area contributed by atoms with Crippen LogP contribution in [-0.4, -0.2) is 70.3 Å². The molecule has 9 heteroatoms. The normalized spacial score (nSPS) is 16.5. The molecule has 1 saturated heterocycles. The Morgan fingerprint density at radius 2 is 1.77 bits per heavy atom. The van der Waals surface area contributed by atoms with Gasteiger partial charge in [0.1, 0.15) is 12.3 Å². The summed E-state index contributed by atoms with van der Waals surface area (Å²) in [6.45, 7) is 6.82. The minimum atomic E-state index is -0.182. The van der Waals surface area contributed by atoms with E-state index in [0.717, 1.165) is 18.7 Å². The molecule has 0 radical (unpaired) electrons. The van der Waals surface area contributed by atoms with E-state index in [0.29, 0.717) is 31.0 Å². The Labute approximate surface area is 204 Å². The maximum Gasteiger partial charge on any atom is 0.274 e. The SMILES string of the molecule is Cc1ccc(C)c(N2CCN(C(=O)CN3N=C(c4nc(-c5ccccc5)no4)CCC3=O)CC2)c1. The van der Waals surface area contributed by atoms with Gasteiger partial charge < -0.3 is 14.3 Å². The van der Waals surface area contributed by atoms with E-state index in [1.165, 1.54) is 21.8 Å². The van der Waals surface area contributed by atoms with Gasteiger partial charge in [-0.15, -0.1) is 0 Å². The van der Waals surface area contributed by atoms with Crippen molar-refractivity contribution in [3.63, 3.8) is 0 Å². The van der Waals surface area contributed by atoms with Gasteiger partial charge in [0.2, 0.25) is 17.6 Å². The van der Waals surface area contributed by atoms with E-state index in [2.05, 4.69) is 52.2 Å². The summed E-state index contributed by atoms with van der Waals surface area (Å²) in [5, 5.41) is 9.68. The zero-order valence-corrected chi connectivity index (χ0v) is 20.0. The van der Waals surface area contributed by atoms with Gasteiger partial charge in [-0.2, -0.15) is 10.1 Å². The number of amides is 2. The molecule has 2 amide bonds. The van der Waals surface area contributed by atoms with Gasteiger partial charge in [-0.1, -0.05) is 47.6 Å². The summed E-state index contributed by atoms with van der Waals surface area (Å²) in [7, 11) is 0. The molecule has 2 aromatic carbocycles. The van der Waals surface area contributed by atoms with Crippen molar-refractivity contribution in [1.29, 1.82) is 0 Å². The lowest BCUT2D eigenvalue weighted by Gasteiger charge is -2.37. The van der Waals surface area contributed by atoms with Crippen molar-refractivity contribution in [2.75, 3.05) is 37.6 Å². The number of rotatable bonds is 5. The summed E-state index contributed by atoms with van der Waals surface area (Å²) in [4.78, 5) is 34.1. The summed E-state index contributed by atoms with van der Waals surface area (Å²) in [6, 6.07) is 15.9. The van der Waals surface area contributed by atoms with Gasteiger partial charge >= 0.3 is 0 Å². The molecule has 3 heterocycles. The molecule has 2 aliphatic rings. The van der Waals surface area contributed by atoms with E-state index < -0.39 is 0 Å². The summed E-state index contributed by atoms with van der Waals surface area (Å²) >= 11 is 0. The van der Waals surface area contributed by atoms with E-state index in [-0.39, 0.29) is 30.7 Å². The number of benzene rings is 2. The fourth-order valence-electron chi connectivity index (χ4n) is 4.41. The minimum absolute atomic E-state index is 0.0918. The van der Waals surface area contributed by atoms with Crippen molar-refractivity contribution in [3.05, 3.63) is 65.5 Å². The highest BCUT2D eigenvalue weighted by Crippen LogP contribution is 2.23. The first-order valence-electron chi connectivity index (χ1n) is 11.9. The lowest BCUT2D eigenvalue weighted by atomic mass is 10.1. The maximum absolute atomic E-state index is 13.0. The predicted molar refractivity (Wildman–Crippen MR) is 132 cm³/mol. The zero-order valence-electron chi connectivity index (χ0n) is 20.0. The molecule has 5 rings (SSSR count). The number of hydrogen-bond donors (Lipinski definition) is 0. The molecule has 2 aliphatic heterocycles. The molecule has 35 heavy (non-hydrogen) atoms. The number of piperazine rings is 1. The monoisotopic (exact) mass is 472 g/mol. The van der Waals surface area contributed by atoms with E-state index in [1.54, 1.807) is 4.90 Å². The Balaban J connectivity index is 1.23. The van der Waals surface area contributed by atoms with E-state index in [4.69, 9.17) is 4.52 Å². The second-order valence-corrected chi connectivity index (χ2v) is 8.95. The van der Waals surface area contributed by atoms with Gasteiger partial charge in [0.15, 0.2) is 0 Å². The van der Waals surface area contributed by atoms with Gasteiger partial charge in [0.25, 0.3) is 5.89 Å². The highest BCUT2D eigenvalue weighted by atomic mass is 16.5. The number of aryl methyl sites for hydroxylation is 2. The van der Waals surface area contributed by atoms with Crippen LogP contribution < -0.4 is 4.90 Å². The molecule has 9 nitrogen and oxygen atoms in total. The molecule has 0 N–H and O–H groups in total. The molecule has 0 atom stereocenters. The van der Waals surface area contributed by atoms with Crippen LogP contribution in [0.3, 0.4) is 0 Å². The van der Waals surface area contributed by atoms with Gasteiger partial charge in [-0.3, -0.25) is 9.59 Å². The highest BCUT2D eigenvalue weighted by Gasteiger charge is 2.29. The Bertz CT molecular complexity index is 1260. The van der Waals surface area contributed by atoms with Gasteiger partial charge in [-0.05, 0) is 31.0 Å². The van der Waals surface area contributed by atoms with Crippen LogP contribution >= 0.6 is 0 Å². The molecule has 3 aromatic rings. The second kappa shape index (κ2) is 9.69. The smallest absolute Gasteiger partial charge is 0.274 e. The summed E-state index contributed by atoms with van der Waals surface area (Å²) in [5.74, 6) is 0.443. The number of carbonyl (C=O) groups is 2. The maximum atomic E-state index is 13.0. The van der Waals surface area contributed by atoms with Gasteiger partial charge in [0.05, 0.1) is 0 Å². The fourth-order valence-corrected chi connectivity index (χ4v) is 4.41. The summed E-state index contributed by atoms with van der Waals surface area (Å²) in [6.07, 6.45) is 0.643. The molecular weight excluding hydrogens is 444 g/mol. The number of aromatic nitrogens is 2. The molecule has 1 fully saturated rings. The van der Waals surface area contributed by atoms with Crippen LogP contribution in [0.15, 0.2) is 58.2 Å². The van der Waals surface area contributed by atoms with Crippen LogP contribution in [0.5, 0.6) is 0 Å². The Hall–Kier alpha value is -4.01. The highest BCUT2D eigenvalue weighted by molar-refractivity contribution is 6.01. The minimum Gasteiger partial charge on any atom is -0.368 e. The van der Waals surface area contributed by atoms with Crippen LogP contribution in [0.25, 0.3) is 11.4 Å². The van der Waals surface area contributed by atoms with Crippen molar-refractivity contribution < 1.29 is 14.1 Å². The van der Waals surface area contributed by atoms with Crippen molar-refractivity contribution >= 4 is 23.2 Å². The number of nitrogens with zero attached hydrogens (tertiary/aromatic N) is 6. The fraction of sp³-hybridized carbons (Fsp3) is 0.346. The molecule has 0 aliphatic carbocycles. The van der Waals surface area contributed by atoms with Crippen molar-refractivity contribution in [2.24, 2.45) is 5.10 Å². The third-order valence-corrected chi connectivity index (χ3v) is 6.43. The van der Waals surface area contributed by atoms with Gasteiger partial charge in [0, 0.05) is 50.3 Å². The van der Waals surface area contributed by atoms with Crippen molar-refractivity contribution in [2.45, 2.75) is 26.7 Å². The van der Waals surface area contributed by atoms with Crippen LogP contribution in [0.4, 0.5) is 5.69 Å². The second-order valence-electron chi connectivity index (χ2n) is 8.95. The van der Waals surface area contributed by atoms with Crippen LogP contribution in [0.2, 0.25) is 0 Å². The Morgan fingerprint density at radius 3 is 2.54 bits per heavy atom. The first-order valence-corrected chi connectivity index (χ1v) is 11.9. The molecule has 0 unspecified atom stereocenters. The molecule has 180 valence electrons. The van der Waals surface area contributed by atoms with Crippen LogP contribution in [0.1, 0.15) is 29.9 Å². The number of carbonyl (C=O) groups excluding carboxylic acids is 2. The molecule has 1 aromatic heterocycles. The predicted octanol–water partition coefficient (Wildman–Crippen LogP) is 3.03. The van der Waals surface area contributed by atoms with E-state index in [1.807, 2.05) is 30.3 Å². The van der Waals surface area contributed by atoms with Crippen molar-refractivity contribution in [3.8, 4) is 11.4 Å². The lowest BCUT2D eigenvalue weighted by Crippen LogP contribution is -2.51. The quantitative estimate of drug-likeness (QED) is 0.567. The summed E-state index contributed by atoms with van der Waals surface area (Å²) < 4.78 is 5.40. The van der Waals surface area contributed by atoms with E-state index >= 15 is 0 Å². The number of anilines is 1. The Morgan fingerprint density at radius 1 is 1.00 bits per heavy atom. The van der Waals surface area contributed by atoms with E-state index in [9.17, 15) is 9.59 Å². The average Bonchev–Trinajstić information content (AvgIpc) is 3.38. The van der Waals surface area contributed by atoms with Gasteiger partial charge in [-0.25, -0.2) is 5.01 Å². The largest absolute Gasteiger partial charge is 0.368 e. The van der Waals surface area contributed by atoms with Crippen LogP contribution in [0, 0.1) is 13.8 Å².